The molecule has 0 bridgehead atoms. The van der Waals surface area contributed by atoms with Crippen LogP contribution in [0.3, 0.4) is 0 Å². The van der Waals surface area contributed by atoms with E-state index in [2.05, 4.69) is 0 Å². The second-order valence-corrected chi connectivity index (χ2v) is 5.41. The summed E-state index contributed by atoms with van der Waals surface area (Å²) in [5, 5.41) is 0. The number of hydrogen-bond donors (Lipinski definition) is 0. The molecular formula is C12H13F12Y-. The molecule has 0 aliphatic carbocycles. The molecule has 0 aliphatic rings. The van der Waals surface area contributed by atoms with E-state index >= 15 is 0 Å². The van der Waals surface area contributed by atoms with Gasteiger partial charge in [0, 0.05) is 39.1 Å². The third-order valence-electron chi connectivity index (χ3n) is 2.99. The summed E-state index contributed by atoms with van der Waals surface area (Å²) < 4.78 is 155. The number of rotatable bonds is 9. The van der Waals surface area contributed by atoms with Crippen LogP contribution in [0.5, 0.6) is 0 Å². The summed E-state index contributed by atoms with van der Waals surface area (Å²) in [5.41, 5.74) is 0. The summed E-state index contributed by atoms with van der Waals surface area (Å²) in [5.74, 6) is -32.6. The van der Waals surface area contributed by atoms with E-state index in [0.29, 0.717) is 6.92 Å². The standard InChI is InChI=1S/C12H13F12.Y/c1-3-8(15,16)5-10(19,20)12(23,24)6-11(21,22)9(17,18)4-7(2,13)14;/h2-6H2,1H3;/q-1;. The molecule has 0 rings (SSSR count). The predicted molar refractivity (Wildman–Crippen MR) is 59.2 cm³/mol. The Balaban J connectivity index is 0. The van der Waals surface area contributed by atoms with Crippen molar-refractivity contribution in [2.24, 2.45) is 0 Å². The van der Waals surface area contributed by atoms with Crippen molar-refractivity contribution in [1.82, 2.24) is 0 Å². The van der Waals surface area contributed by atoms with E-state index in [1.165, 1.54) is 0 Å². The minimum atomic E-state index is -6.01. The number of alkyl halides is 12. The van der Waals surface area contributed by atoms with Crippen molar-refractivity contribution in [3.8, 4) is 0 Å². The molecule has 149 valence electrons. The van der Waals surface area contributed by atoms with Gasteiger partial charge in [0.25, 0.3) is 5.92 Å². The summed E-state index contributed by atoms with van der Waals surface area (Å²) >= 11 is 0. The largest absolute Gasteiger partial charge is 0.316 e. The van der Waals surface area contributed by atoms with Crippen molar-refractivity contribution in [3.05, 3.63) is 6.92 Å². The predicted octanol–water partition coefficient (Wildman–Crippen LogP) is 6.21. The maximum atomic E-state index is 13.2. The van der Waals surface area contributed by atoms with Crippen molar-refractivity contribution in [2.45, 2.75) is 68.1 Å². The van der Waals surface area contributed by atoms with E-state index in [1.54, 1.807) is 6.92 Å². The number of hydrogen-bond acceptors (Lipinski definition) is 0. The Morgan fingerprint density at radius 2 is 0.840 bits per heavy atom. The van der Waals surface area contributed by atoms with Crippen LogP contribution in [0.1, 0.15) is 32.6 Å². The van der Waals surface area contributed by atoms with Crippen molar-refractivity contribution in [3.63, 3.8) is 0 Å². The fraction of sp³-hybridized carbons (Fsp3) is 0.917. The summed E-state index contributed by atoms with van der Waals surface area (Å²) in [7, 11) is 0. The zero-order chi connectivity index (χ0) is 19.8. The molecule has 0 aromatic rings. The second-order valence-electron chi connectivity index (χ2n) is 5.41. The molecule has 0 atom stereocenters. The minimum absolute atomic E-state index is 0. The molecule has 0 saturated heterocycles. The van der Waals surface area contributed by atoms with Crippen molar-refractivity contribution in [2.75, 3.05) is 0 Å². The first kappa shape index (κ1) is 27.5. The fourth-order valence-corrected chi connectivity index (χ4v) is 1.57. The van der Waals surface area contributed by atoms with Crippen LogP contribution in [0.4, 0.5) is 52.7 Å². The third kappa shape index (κ3) is 7.80. The smallest absolute Gasteiger partial charge is 0.274 e. The van der Waals surface area contributed by atoms with Gasteiger partial charge in [0.15, 0.2) is 0 Å². The SMILES string of the molecule is [CH2-]C(F)(F)CC(F)(F)C(F)(F)CC(F)(F)C(F)(F)CC(F)(F)CC.[Y]. The van der Waals surface area contributed by atoms with Crippen LogP contribution in [0.25, 0.3) is 0 Å². The van der Waals surface area contributed by atoms with Crippen LogP contribution in [0.2, 0.25) is 0 Å². The van der Waals surface area contributed by atoms with Gasteiger partial charge in [0.2, 0.25) is 0 Å². The molecule has 0 N–H and O–H groups in total. The molecule has 0 aliphatic heterocycles. The number of halogens is 12. The Bertz CT molecular complexity index is 426. The summed E-state index contributed by atoms with van der Waals surface area (Å²) in [6.45, 7) is 2.44. The Morgan fingerprint density at radius 3 is 1.12 bits per heavy atom. The molecule has 0 nitrogen and oxygen atoms in total. The van der Waals surface area contributed by atoms with Gasteiger partial charge in [-0.2, -0.15) is 35.1 Å². The molecule has 0 fully saturated rings. The maximum Gasteiger partial charge on any atom is 0.316 e. The molecule has 1 radical (unpaired) electrons. The van der Waals surface area contributed by atoms with Gasteiger partial charge in [-0.1, -0.05) is 6.92 Å². The van der Waals surface area contributed by atoms with Crippen LogP contribution < -0.4 is 0 Å². The Kier molecular flexibility index (Phi) is 8.90. The molecule has 0 saturated carbocycles. The van der Waals surface area contributed by atoms with E-state index in [1.807, 2.05) is 0 Å². The van der Waals surface area contributed by atoms with Gasteiger partial charge in [-0.3, -0.25) is 6.92 Å². The molecule has 25 heavy (non-hydrogen) atoms. The first-order valence-electron chi connectivity index (χ1n) is 6.30. The van der Waals surface area contributed by atoms with Gasteiger partial charge in [-0.15, -0.1) is 0 Å². The van der Waals surface area contributed by atoms with Crippen LogP contribution >= 0.6 is 0 Å². The van der Waals surface area contributed by atoms with Crippen molar-refractivity contribution in [1.29, 1.82) is 0 Å². The van der Waals surface area contributed by atoms with Gasteiger partial charge in [-0.05, 0) is 0 Å². The van der Waals surface area contributed by atoms with Crippen LogP contribution in [-0.4, -0.2) is 35.5 Å². The van der Waals surface area contributed by atoms with Crippen LogP contribution in [0, 0.1) is 6.92 Å². The average Bonchev–Trinajstić information content (AvgIpc) is 2.22. The zero-order valence-electron chi connectivity index (χ0n) is 12.6. The zero-order valence-corrected chi connectivity index (χ0v) is 15.5. The van der Waals surface area contributed by atoms with Crippen molar-refractivity contribution < 1.29 is 85.4 Å². The molecule has 0 unspecified atom stereocenters. The monoisotopic (exact) mass is 474 g/mol. The first-order chi connectivity index (χ1) is 10.2. The third-order valence-corrected chi connectivity index (χ3v) is 2.99. The second kappa shape index (κ2) is 8.10. The summed E-state index contributed by atoms with van der Waals surface area (Å²) in [4.78, 5) is 0. The van der Waals surface area contributed by atoms with Gasteiger partial charge in [0.1, 0.15) is 5.92 Å². The summed E-state index contributed by atoms with van der Waals surface area (Å²) in [6.07, 6.45) is -10.8. The minimum Gasteiger partial charge on any atom is -0.274 e. The van der Waals surface area contributed by atoms with Crippen LogP contribution in [-0.2, 0) is 32.7 Å². The molecule has 0 aromatic heterocycles. The average molecular weight is 474 g/mol. The quantitative estimate of drug-likeness (QED) is 0.276. The Labute approximate surface area is 160 Å². The Morgan fingerprint density at radius 1 is 0.560 bits per heavy atom. The molecule has 0 aromatic carbocycles. The van der Waals surface area contributed by atoms with E-state index in [-0.39, 0.29) is 32.7 Å². The molecule has 0 spiro atoms. The van der Waals surface area contributed by atoms with Gasteiger partial charge < -0.3 is 0 Å². The molecule has 0 heterocycles. The summed E-state index contributed by atoms with van der Waals surface area (Å²) in [6, 6.07) is 0. The van der Waals surface area contributed by atoms with E-state index in [9.17, 15) is 52.7 Å². The maximum absolute atomic E-state index is 13.2. The van der Waals surface area contributed by atoms with E-state index in [4.69, 9.17) is 0 Å². The Hall–Kier alpha value is 0.264. The van der Waals surface area contributed by atoms with Crippen molar-refractivity contribution >= 4 is 0 Å². The first-order valence-corrected chi connectivity index (χ1v) is 6.30. The van der Waals surface area contributed by atoms with E-state index in [0.717, 1.165) is 0 Å². The van der Waals surface area contributed by atoms with Crippen LogP contribution in [0.15, 0.2) is 0 Å². The van der Waals surface area contributed by atoms with Gasteiger partial charge in [-0.25, -0.2) is 17.6 Å². The molecule has 13 heteroatoms. The van der Waals surface area contributed by atoms with Gasteiger partial charge >= 0.3 is 23.7 Å². The topological polar surface area (TPSA) is 0 Å². The molecular weight excluding hydrogens is 461 g/mol. The van der Waals surface area contributed by atoms with Gasteiger partial charge in [0.05, 0.1) is 19.3 Å². The van der Waals surface area contributed by atoms with E-state index < -0.39 is 61.2 Å². The fourth-order valence-electron chi connectivity index (χ4n) is 1.57. The normalized spacial score (nSPS) is 15.1. The molecule has 0 amide bonds.